The summed E-state index contributed by atoms with van der Waals surface area (Å²) in [5.74, 6) is -0.236. The molecular formula is C20H17F3N4O2S. The maximum atomic E-state index is 12.8. The van der Waals surface area contributed by atoms with Crippen molar-refractivity contribution < 1.29 is 22.7 Å². The Bertz CT molecular complexity index is 1130. The van der Waals surface area contributed by atoms with Crippen LogP contribution < -0.4 is 10.8 Å². The van der Waals surface area contributed by atoms with E-state index in [1.54, 1.807) is 30.3 Å². The van der Waals surface area contributed by atoms with E-state index < -0.39 is 17.7 Å². The fraction of sp³-hybridized carbons (Fsp3) is 0.150. The predicted molar refractivity (Wildman–Crippen MR) is 108 cm³/mol. The molecule has 2 N–H and O–H groups in total. The van der Waals surface area contributed by atoms with E-state index in [4.69, 9.17) is 5.41 Å². The smallest absolute Gasteiger partial charge is 0.416 e. The van der Waals surface area contributed by atoms with Gasteiger partial charge in [-0.25, -0.2) is 13.7 Å². The summed E-state index contributed by atoms with van der Waals surface area (Å²) in [6, 6.07) is 12.5. The van der Waals surface area contributed by atoms with Crippen LogP contribution >= 0.6 is 11.5 Å². The maximum Gasteiger partial charge on any atom is 0.416 e. The van der Waals surface area contributed by atoms with Crippen molar-refractivity contribution in [3.8, 4) is 0 Å². The molecule has 0 aliphatic carbocycles. The number of hydrogen-bond acceptors (Lipinski definition) is 5. The standard InChI is InChI=1S/C20H17F3N4O2S/c1-12-11-17(24)27(30-12)19(25-15-7-3-13(4-8-15)18(28)29-2)26-16-9-5-14(6-10-16)20(21,22)23/h3-11,24H,1-2H3,(H,25,26). The lowest BCUT2D eigenvalue weighted by Gasteiger charge is -2.11. The largest absolute Gasteiger partial charge is 0.465 e. The van der Waals surface area contributed by atoms with Crippen LogP contribution in [-0.2, 0) is 10.9 Å². The van der Waals surface area contributed by atoms with Crippen molar-refractivity contribution in [2.75, 3.05) is 12.4 Å². The summed E-state index contributed by atoms with van der Waals surface area (Å²) >= 11 is 1.26. The summed E-state index contributed by atoms with van der Waals surface area (Å²) in [6.07, 6.45) is -4.43. The van der Waals surface area contributed by atoms with Crippen LogP contribution in [0.5, 0.6) is 0 Å². The number of benzene rings is 2. The highest BCUT2D eigenvalue weighted by molar-refractivity contribution is 7.07. The second-order valence-corrected chi connectivity index (χ2v) is 7.39. The van der Waals surface area contributed by atoms with Crippen molar-refractivity contribution in [2.24, 2.45) is 4.99 Å². The van der Waals surface area contributed by atoms with Crippen LogP contribution in [0, 0.1) is 12.3 Å². The number of halogens is 3. The third kappa shape index (κ3) is 4.95. The molecule has 3 aromatic rings. The number of aliphatic imine (C=N–C) groups is 1. The second kappa shape index (κ2) is 8.54. The third-order valence-electron chi connectivity index (χ3n) is 3.98. The molecule has 0 fully saturated rings. The molecule has 1 heterocycles. The number of hydrogen-bond donors (Lipinski definition) is 2. The van der Waals surface area contributed by atoms with E-state index in [1.165, 1.54) is 34.7 Å². The van der Waals surface area contributed by atoms with Gasteiger partial charge in [0.2, 0.25) is 5.96 Å². The van der Waals surface area contributed by atoms with Crippen LogP contribution in [0.25, 0.3) is 0 Å². The number of rotatable bonds is 3. The highest BCUT2D eigenvalue weighted by Crippen LogP contribution is 2.30. The molecule has 0 spiro atoms. The molecule has 30 heavy (non-hydrogen) atoms. The number of aromatic nitrogens is 1. The van der Waals surface area contributed by atoms with Crippen LogP contribution in [0.1, 0.15) is 20.8 Å². The van der Waals surface area contributed by atoms with E-state index in [0.29, 0.717) is 11.3 Å². The molecule has 0 saturated carbocycles. The minimum Gasteiger partial charge on any atom is -0.465 e. The molecule has 0 unspecified atom stereocenters. The minimum absolute atomic E-state index is 0.168. The van der Waals surface area contributed by atoms with Crippen molar-refractivity contribution in [1.29, 1.82) is 5.41 Å². The molecule has 0 atom stereocenters. The van der Waals surface area contributed by atoms with Crippen LogP contribution in [0.4, 0.5) is 24.5 Å². The lowest BCUT2D eigenvalue weighted by atomic mass is 10.2. The number of methoxy groups -OCH3 is 1. The Hall–Kier alpha value is -3.40. The molecule has 2 aromatic carbocycles. The second-order valence-electron chi connectivity index (χ2n) is 6.20. The van der Waals surface area contributed by atoms with Crippen LogP contribution in [0.15, 0.2) is 59.6 Å². The van der Waals surface area contributed by atoms with Gasteiger partial charge in [0.05, 0.1) is 23.9 Å². The number of alkyl halides is 3. The van der Waals surface area contributed by atoms with E-state index in [2.05, 4.69) is 15.0 Å². The zero-order chi connectivity index (χ0) is 21.9. The first kappa shape index (κ1) is 21.3. The number of carbonyl (C=O) groups is 1. The Morgan fingerprint density at radius 3 is 2.27 bits per heavy atom. The van der Waals surface area contributed by atoms with Gasteiger partial charge in [-0.1, -0.05) is 11.5 Å². The maximum absolute atomic E-state index is 12.8. The quantitative estimate of drug-likeness (QED) is 0.353. The summed E-state index contributed by atoms with van der Waals surface area (Å²) in [5, 5.41) is 11.2. The predicted octanol–water partition coefficient (Wildman–Crippen LogP) is 4.79. The van der Waals surface area contributed by atoms with Gasteiger partial charge < -0.3 is 10.1 Å². The number of carbonyl (C=O) groups excluding carboxylic acids is 1. The first-order chi connectivity index (χ1) is 14.2. The minimum atomic E-state index is -4.43. The fourth-order valence-corrected chi connectivity index (χ4v) is 3.31. The molecule has 0 amide bonds. The van der Waals surface area contributed by atoms with Crippen molar-refractivity contribution in [2.45, 2.75) is 13.1 Å². The molecule has 10 heteroatoms. The van der Waals surface area contributed by atoms with E-state index in [9.17, 15) is 18.0 Å². The van der Waals surface area contributed by atoms with Crippen molar-refractivity contribution in [1.82, 2.24) is 3.96 Å². The average molecular weight is 434 g/mol. The molecule has 0 saturated heterocycles. The Labute approximate surface area is 173 Å². The number of aryl methyl sites for hydroxylation is 1. The summed E-state index contributed by atoms with van der Waals surface area (Å²) in [5.41, 5.74) is 0.628. The number of anilines is 1. The molecule has 0 radical (unpaired) electrons. The van der Waals surface area contributed by atoms with E-state index in [0.717, 1.165) is 17.0 Å². The van der Waals surface area contributed by atoms with Gasteiger partial charge in [0, 0.05) is 10.6 Å². The topological polar surface area (TPSA) is 79.5 Å². The third-order valence-corrected chi connectivity index (χ3v) is 4.94. The van der Waals surface area contributed by atoms with Gasteiger partial charge in [0.1, 0.15) is 5.49 Å². The summed E-state index contributed by atoms with van der Waals surface area (Å²) in [4.78, 5) is 16.8. The summed E-state index contributed by atoms with van der Waals surface area (Å²) in [6.45, 7) is 1.83. The number of esters is 1. The van der Waals surface area contributed by atoms with Gasteiger partial charge in [-0.2, -0.15) is 13.2 Å². The molecule has 0 aliphatic heterocycles. The lowest BCUT2D eigenvalue weighted by Crippen LogP contribution is -2.28. The Morgan fingerprint density at radius 2 is 1.77 bits per heavy atom. The van der Waals surface area contributed by atoms with Crippen LogP contribution in [0.2, 0.25) is 0 Å². The van der Waals surface area contributed by atoms with Gasteiger partial charge in [-0.15, -0.1) is 0 Å². The van der Waals surface area contributed by atoms with E-state index >= 15 is 0 Å². The SMILES string of the molecule is COC(=O)c1ccc(NC(=Nc2ccc(C(F)(F)F)cc2)n2sc(C)cc2=N)cc1. The van der Waals surface area contributed by atoms with Crippen molar-refractivity contribution in [3.63, 3.8) is 0 Å². The van der Waals surface area contributed by atoms with Gasteiger partial charge in [-0.05, 0) is 61.5 Å². The van der Waals surface area contributed by atoms with Gasteiger partial charge in [-0.3, -0.25) is 5.41 Å². The van der Waals surface area contributed by atoms with Crippen LogP contribution in [0.3, 0.4) is 0 Å². The average Bonchev–Trinajstić information content (AvgIpc) is 3.05. The van der Waals surface area contributed by atoms with Gasteiger partial charge in [0.25, 0.3) is 0 Å². The summed E-state index contributed by atoms with van der Waals surface area (Å²) < 4.78 is 44.6. The monoisotopic (exact) mass is 434 g/mol. The number of ether oxygens (including phenoxy) is 1. The highest BCUT2D eigenvalue weighted by atomic mass is 32.1. The number of nitrogens with one attached hydrogen (secondary N) is 2. The molecule has 3 rings (SSSR count). The van der Waals surface area contributed by atoms with E-state index in [-0.39, 0.29) is 17.1 Å². The Balaban J connectivity index is 1.97. The Morgan fingerprint density at radius 1 is 1.13 bits per heavy atom. The zero-order valence-electron chi connectivity index (χ0n) is 15.9. The molecule has 6 nitrogen and oxygen atoms in total. The lowest BCUT2D eigenvalue weighted by molar-refractivity contribution is -0.137. The molecule has 0 aliphatic rings. The summed E-state index contributed by atoms with van der Waals surface area (Å²) in [7, 11) is 1.29. The molecule has 0 bridgehead atoms. The molecule has 1 aromatic heterocycles. The first-order valence-corrected chi connectivity index (χ1v) is 9.41. The molecular weight excluding hydrogens is 417 g/mol. The van der Waals surface area contributed by atoms with Crippen molar-refractivity contribution >= 4 is 34.8 Å². The van der Waals surface area contributed by atoms with E-state index in [1.807, 2.05) is 6.92 Å². The highest BCUT2D eigenvalue weighted by Gasteiger charge is 2.29. The van der Waals surface area contributed by atoms with Crippen LogP contribution in [-0.4, -0.2) is 23.0 Å². The molecule has 156 valence electrons. The first-order valence-electron chi connectivity index (χ1n) is 8.63. The number of nitrogens with zero attached hydrogens (tertiary/aromatic N) is 2. The van der Waals surface area contributed by atoms with Crippen molar-refractivity contribution in [3.05, 3.63) is 76.1 Å². The zero-order valence-corrected chi connectivity index (χ0v) is 16.8. The Kier molecular flexibility index (Phi) is 6.06. The van der Waals surface area contributed by atoms with Gasteiger partial charge in [0.15, 0.2) is 0 Å². The van der Waals surface area contributed by atoms with Gasteiger partial charge >= 0.3 is 12.1 Å². The normalized spacial score (nSPS) is 12.0. The fourth-order valence-electron chi connectivity index (χ4n) is 2.54.